The molecule has 1 fully saturated rings. The number of carbonyl (C=O) groups is 1. The number of hydrogen-bond donors (Lipinski definition) is 1. The minimum absolute atomic E-state index is 0.276. The molecule has 0 aliphatic carbocycles. The summed E-state index contributed by atoms with van der Waals surface area (Å²) in [7, 11) is 0. The van der Waals surface area contributed by atoms with Crippen molar-refractivity contribution >= 4 is 27.5 Å². The fraction of sp³-hybridized carbons (Fsp3) is 0.562. The normalized spacial score (nSPS) is 20.0. The van der Waals surface area contributed by atoms with Gasteiger partial charge in [-0.15, -0.1) is 0 Å². The first kappa shape index (κ1) is 15.4. The van der Waals surface area contributed by atoms with E-state index in [4.69, 9.17) is 5.73 Å². The van der Waals surface area contributed by atoms with Gasteiger partial charge in [0, 0.05) is 29.7 Å². The van der Waals surface area contributed by atoms with Gasteiger partial charge < -0.3 is 10.6 Å². The van der Waals surface area contributed by atoms with Crippen LogP contribution in [0.1, 0.15) is 44.6 Å². The Bertz CT molecular complexity index is 476. The van der Waals surface area contributed by atoms with Crippen LogP contribution < -0.4 is 5.73 Å². The van der Waals surface area contributed by atoms with E-state index < -0.39 is 0 Å². The van der Waals surface area contributed by atoms with Crippen LogP contribution in [0.3, 0.4) is 0 Å². The molecule has 2 rings (SSSR count). The van der Waals surface area contributed by atoms with Crippen LogP contribution in [0.25, 0.3) is 0 Å². The maximum Gasteiger partial charge on any atom is 0.222 e. The molecule has 1 aromatic carbocycles. The second kappa shape index (κ2) is 7.11. The Morgan fingerprint density at radius 2 is 2.20 bits per heavy atom. The van der Waals surface area contributed by atoms with Crippen molar-refractivity contribution in [2.24, 2.45) is 5.92 Å². The van der Waals surface area contributed by atoms with Gasteiger partial charge in [0.1, 0.15) is 0 Å². The average Bonchev–Trinajstić information content (AvgIpc) is 2.60. The number of rotatable bonds is 4. The van der Waals surface area contributed by atoms with E-state index in [2.05, 4.69) is 22.9 Å². The zero-order valence-electron chi connectivity index (χ0n) is 12.1. The molecule has 0 radical (unpaired) electrons. The van der Waals surface area contributed by atoms with Gasteiger partial charge in [-0.1, -0.05) is 31.9 Å². The highest BCUT2D eigenvalue weighted by Crippen LogP contribution is 2.27. The summed E-state index contributed by atoms with van der Waals surface area (Å²) in [6.45, 7) is 3.74. The van der Waals surface area contributed by atoms with E-state index >= 15 is 0 Å². The number of likely N-dealkylation sites (tertiary alicyclic amines) is 1. The molecule has 1 amide bonds. The third kappa shape index (κ3) is 3.75. The first-order valence-corrected chi connectivity index (χ1v) is 8.21. The largest absolute Gasteiger partial charge is 0.398 e. The van der Waals surface area contributed by atoms with Crippen molar-refractivity contribution in [3.05, 3.63) is 28.2 Å². The van der Waals surface area contributed by atoms with Crippen LogP contribution >= 0.6 is 15.9 Å². The number of benzene rings is 1. The van der Waals surface area contributed by atoms with Crippen molar-refractivity contribution < 1.29 is 4.79 Å². The van der Waals surface area contributed by atoms with Crippen molar-refractivity contribution in [1.82, 2.24) is 4.90 Å². The quantitative estimate of drug-likeness (QED) is 0.844. The van der Waals surface area contributed by atoms with Gasteiger partial charge in [0.15, 0.2) is 0 Å². The summed E-state index contributed by atoms with van der Waals surface area (Å²) < 4.78 is 0.919. The molecule has 2 N–H and O–H groups in total. The lowest BCUT2D eigenvalue weighted by molar-refractivity contribution is -0.131. The monoisotopic (exact) mass is 338 g/mol. The summed E-state index contributed by atoms with van der Waals surface area (Å²) in [6.07, 6.45) is 5.30. The molecule has 0 bridgehead atoms. The SMILES string of the molecule is CCCC1CCC(=O)N(Cc2cccc(N)c2Br)CC1. The molecule has 1 aliphatic rings. The summed E-state index contributed by atoms with van der Waals surface area (Å²) >= 11 is 3.52. The van der Waals surface area contributed by atoms with E-state index in [1.54, 1.807) is 0 Å². The third-order valence-corrected chi connectivity index (χ3v) is 5.06. The van der Waals surface area contributed by atoms with E-state index in [1.165, 1.54) is 12.8 Å². The molecule has 1 aliphatic heterocycles. The summed E-state index contributed by atoms with van der Waals surface area (Å²) in [5, 5.41) is 0. The van der Waals surface area contributed by atoms with Gasteiger partial charge in [0.25, 0.3) is 0 Å². The van der Waals surface area contributed by atoms with Gasteiger partial charge in [-0.25, -0.2) is 0 Å². The van der Waals surface area contributed by atoms with Gasteiger partial charge in [-0.3, -0.25) is 4.79 Å². The van der Waals surface area contributed by atoms with Gasteiger partial charge in [0.05, 0.1) is 0 Å². The summed E-state index contributed by atoms with van der Waals surface area (Å²) in [5.41, 5.74) is 7.72. The first-order chi connectivity index (χ1) is 9.61. The number of carbonyl (C=O) groups excluding carboxylic acids is 1. The van der Waals surface area contributed by atoms with Crippen molar-refractivity contribution in [2.45, 2.75) is 45.6 Å². The van der Waals surface area contributed by atoms with Crippen molar-refractivity contribution in [1.29, 1.82) is 0 Å². The maximum atomic E-state index is 12.2. The molecule has 4 heteroatoms. The average molecular weight is 339 g/mol. The molecule has 1 saturated heterocycles. The minimum Gasteiger partial charge on any atom is -0.398 e. The highest BCUT2D eigenvalue weighted by atomic mass is 79.9. The molecule has 1 heterocycles. The topological polar surface area (TPSA) is 46.3 Å². The number of halogens is 1. The molecular formula is C16H23BrN2O. The number of hydrogen-bond acceptors (Lipinski definition) is 2. The second-order valence-corrected chi connectivity index (χ2v) is 6.41. The zero-order valence-corrected chi connectivity index (χ0v) is 13.7. The Labute approximate surface area is 129 Å². The Morgan fingerprint density at radius 1 is 1.40 bits per heavy atom. The van der Waals surface area contributed by atoms with E-state index in [0.29, 0.717) is 18.9 Å². The van der Waals surface area contributed by atoms with Crippen molar-refractivity contribution in [3.63, 3.8) is 0 Å². The summed E-state index contributed by atoms with van der Waals surface area (Å²) in [5.74, 6) is 0.983. The highest BCUT2D eigenvalue weighted by molar-refractivity contribution is 9.10. The van der Waals surface area contributed by atoms with Crippen molar-refractivity contribution in [2.75, 3.05) is 12.3 Å². The lowest BCUT2D eigenvalue weighted by Crippen LogP contribution is -2.30. The molecular weight excluding hydrogens is 316 g/mol. The van der Waals surface area contributed by atoms with Crippen LogP contribution in [-0.2, 0) is 11.3 Å². The van der Waals surface area contributed by atoms with E-state index in [9.17, 15) is 4.79 Å². The maximum absolute atomic E-state index is 12.2. The number of amides is 1. The predicted molar refractivity (Wildman–Crippen MR) is 86.2 cm³/mol. The minimum atomic E-state index is 0.276. The molecule has 0 saturated carbocycles. The zero-order chi connectivity index (χ0) is 14.5. The highest BCUT2D eigenvalue weighted by Gasteiger charge is 2.22. The molecule has 3 nitrogen and oxygen atoms in total. The molecule has 110 valence electrons. The lowest BCUT2D eigenvalue weighted by Gasteiger charge is -2.22. The van der Waals surface area contributed by atoms with Gasteiger partial charge in [0.2, 0.25) is 5.91 Å². The van der Waals surface area contributed by atoms with Crippen LogP contribution in [0, 0.1) is 5.92 Å². The van der Waals surface area contributed by atoms with Gasteiger partial charge in [-0.2, -0.15) is 0 Å². The summed E-state index contributed by atoms with van der Waals surface area (Å²) in [4.78, 5) is 14.2. The number of nitrogen functional groups attached to an aromatic ring is 1. The Balaban J connectivity index is 2.04. The van der Waals surface area contributed by atoms with Crippen LogP contribution in [0.5, 0.6) is 0 Å². The fourth-order valence-corrected chi connectivity index (χ4v) is 3.27. The second-order valence-electron chi connectivity index (χ2n) is 5.62. The van der Waals surface area contributed by atoms with Crippen molar-refractivity contribution in [3.8, 4) is 0 Å². The first-order valence-electron chi connectivity index (χ1n) is 7.42. The number of anilines is 1. The van der Waals surface area contributed by atoms with E-state index in [0.717, 1.165) is 35.1 Å². The number of nitrogens with zero attached hydrogens (tertiary/aromatic N) is 1. The molecule has 0 spiro atoms. The fourth-order valence-electron chi connectivity index (χ4n) is 2.88. The Kier molecular flexibility index (Phi) is 5.46. The van der Waals surface area contributed by atoms with E-state index in [1.807, 2.05) is 23.1 Å². The van der Waals surface area contributed by atoms with Gasteiger partial charge >= 0.3 is 0 Å². The summed E-state index contributed by atoms with van der Waals surface area (Å²) in [6, 6.07) is 5.84. The number of nitrogens with two attached hydrogens (primary N) is 1. The molecule has 0 aromatic heterocycles. The smallest absolute Gasteiger partial charge is 0.222 e. The Morgan fingerprint density at radius 3 is 2.95 bits per heavy atom. The lowest BCUT2D eigenvalue weighted by atomic mass is 9.96. The molecule has 20 heavy (non-hydrogen) atoms. The standard InChI is InChI=1S/C16H23BrN2O/c1-2-4-12-7-8-15(20)19(10-9-12)11-13-5-3-6-14(18)16(13)17/h3,5-6,12H,2,4,7-11,18H2,1H3. The van der Waals surface area contributed by atoms with Gasteiger partial charge in [-0.05, 0) is 46.3 Å². The predicted octanol–water partition coefficient (Wildman–Crippen LogP) is 3.96. The molecule has 1 unspecified atom stereocenters. The molecule has 1 aromatic rings. The molecule has 1 atom stereocenters. The van der Waals surface area contributed by atoms with Crippen LogP contribution in [0.15, 0.2) is 22.7 Å². The van der Waals surface area contributed by atoms with Crippen LogP contribution in [0.2, 0.25) is 0 Å². The van der Waals surface area contributed by atoms with Crippen LogP contribution in [-0.4, -0.2) is 17.4 Å². The Hall–Kier alpha value is -1.03. The third-order valence-electron chi connectivity index (χ3n) is 4.09. The van der Waals surface area contributed by atoms with Crippen LogP contribution in [0.4, 0.5) is 5.69 Å². The van der Waals surface area contributed by atoms with E-state index in [-0.39, 0.29) is 5.91 Å².